The van der Waals surface area contributed by atoms with Crippen molar-refractivity contribution >= 4 is 5.91 Å². The molecule has 112 valence electrons. The lowest BCUT2D eigenvalue weighted by Gasteiger charge is -2.30. The van der Waals surface area contributed by atoms with Gasteiger partial charge in [0.2, 0.25) is 5.91 Å². The molecule has 0 aromatic heterocycles. The van der Waals surface area contributed by atoms with Crippen LogP contribution in [-0.4, -0.2) is 43.5 Å². The SMILES string of the molecule is CCN(CC)CCNC(=O)C1(CN)CCCCCC1. The van der Waals surface area contributed by atoms with Gasteiger partial charge in [0.1, 0.15) is 0 Å². The molecule has 1 amide bonds. The maximum atomic E-state index is 12.5. The van der Waals surface area contributed by atoms with E-state index in [0.29, 0.717) is 6.54 Å². The molecule has 4 heteroatoms. The number of carbonyl (C=O) groups excluding carboxylic acids is 1. The van der Waals surface area contributed by atoms with Crippen molar-refractivity contribution in [3.05, 3.63) is 0 Å². The minimum absolute atomic E-state index is 0.184. The van der Waals surface area contributed by atoms with Gasteiger partial charge in [0.25, 0.3) is 0 Å². The fraction of sp³-hybridized carbons (Fsp3) is 0.933. The van der Waals surface area contributed by atoms with E-state index in [4.69, 9.17) is 5.73 Å². The Labute approximate surface area is 118 Å². The molecule has 0 saturated heterocycles. The van der Waals surface area contributed by atoms with E-state index in [1.165, 1.54) is 12.8 Å². The van der Waals surface area contributed by atoms with Gasteiger partial charge in [-0.15, -0.1) is 0 Å². The number of carbonyl (C=O) groups is 1. The van der Waals surface area contributed by atoms with Gasteiger partial charge in [-0.25, -0.2) is 0 Å². The quantitative estimate of drug-likeness (QED) is 0.692. The zero-order valence-electron chi connectivity index (χ0n) is 12.7. The number of likely N-dealkylation sites (N-methyl/N-ethyl adjacent to an activating group) is 1. The number of amides is 1. The zero-order chi connectivity index (χ0) is 14.1. The molecule has 1 rings (SSSR count). The van der Waals surface area contributed by atoms with Crippen LogP contribution in [0.3, 0.4) is 0 Å². The van der Waals surface area contributed by atoms with Crippen molar-refractivity contribution in [3.63, 3.8) is 0 Å². The molecule has 1 aliphatic carbocycles. The number of nitrogens with zero attached hydrogens (tertiary/aromatic N) is 1. The third kappa shape index (κ3) is 4.77. The van der Waals surface area contributed by atoms with Crippen LogP contribution in [0.25, 0.3) is 0 Å². The molecule has 0 aliphatic heterocycles. The van der Waals surface area contributed by atoms with Gasteiger partial charge in [-0.1, -0.05) is 39.5 Å². The van der Waals surface area contributed by atoms with Crippen LogP contribution in [0.1, 0.15) is 52.4 Å². The first-order chi connectivity index (χ1) is 9.18. The zero-order valence-corrected chi connectivity index (χ0v) is 12.7. The Morgan fingerprint density at radius 2 is 1.74 bits per heavy atom. The van der Waals surface area contributed by atoms with Gasteiger partial charge in [0.05, 0.1) is 5.41 Å². The summed E-state index contributed by atoms with van der Waals surface area (Å²) in [5.74, 6) is 0.184. The summed E-state index contributed by atoms with van der Waals surface area (Å²) in [7, 11) is 0. The van der Waals surface area contributed by atoms with Crippen LogP contribution in [0, 0.1) is 5.41 Å². The molecule has 3 N–H and O–H groups in total. The molecular weight excluding hydrogens is 238 g/mol. The van der Waals surface area contributed by atoms with Gasteiger partial charge in [-0.2, -0.15) is 0 Å². The molecule has 0 bridgehead atoms. The van der Waals surface area contributed by atoms with Gasteiger partial charge in [0, 0.05) is 19.6 Å². The average Bonchev–Trinajstić information content (AvgIpc) is 2.69. The smallest absolute Gasteiger partial charge is 0.227 e. The van der Waals surface area contributed by atoms with E-state index in [0.717, 1.165) is 51.9 Å². The van der Waals surface area contributed by atoms with E-state index in [9.17, 15) is 4.79 Å². The molecule has 1 fully saturated rings. The van der Waals surface area contributed by atoms with Crippen LogP contribution in [0.2, 0.25) is 0 Å². The van der Waals surface area contributed by atoms with Gasteiger partial charge >= 0.3 is 0 Å². The van der Waals surface area contributed by atoms with E-state index in [2.05, 4.69) is 24.1 Å². The summed E-state index contributed by atoms with van der Waals surface area (Å²) < 4.78 is 0. The summed E-state index contributed by atoms with van der Waals surface area (Å²) >= 11 is 0. The minimum atomic E-state index is -0.292. The van der Waals surface area contributed by atoms with Gasteiger partial charge in [-0.05, 0) is 25.9 Å². The van der Waals surface area contributed by atoms with Gasteiger partial charge < -0.3 is 16.0 Å². The Kier molecular flexibility index (Phi) is 7.39. The van der Waals surface area contributed by atoms with Crippen LogP contribution >= 0.6 is 0 Å². The Hall–Kier alpha value is -0.610. The van der Waals surface area contributed by atoms with Crippen LogP contribution < -0.4 is 11.1 Å². The topological polar surface area (TPSA) is 58.4 Å². The molecule has 1 aliphatic rings. The first kappa shape index (κ1) is 16.4. The van der Waals surface area contributed by atoms with Crippen molar-refractivity contribution in [2.24, 2.45) is 11.1 Å². The molecule has 4 nitrogen and oxygen atoms in total. The first-order valence-corrected chi connectivity index (χ1v) is 7.89. The summed E-state index contributed by atoms with van der Waals surface area (Å²) in [5, 5.41) is 3.11. The summed E-state index contributed by atoms with van der Waals surface area (Å²) in [5.41, 5.74) is 5.63. The molecule has 0 radical (unpaired) electrons. The van der Waals surface area contributed by atoms with Crippen LogP contribution in [0.5, 0.6) is 0 Å². The predicted octanol–water partition coefficient (Wildman–Crippen LogP) is 1.74. The minimum Gasteiger partial charge on any atom is -0.354 e. The fourth-order valence-corrected chi connectivity index (χ4v) is 2.98. The number of hydrogen-bond donors (Lipinski definition) is 2. The summed E-state index contributed by atoms with van der Waals surface area (Å²) in [6, 6.07) is 0. The van der Waals surface area contributed by atoms with Crippen molar-refractivity contribution in [2.45, 2.75) is 52.4 Å². The fourth-order valence-electron chi connectivity index (χ4n) is 2.98. The maximum Gasteiger partial charge on any atom is 0.227 e. The van der Waals surface area contributed by atoms with Crippen LogP contribution in [0.4, 0.5) is 0 Å². The molecule has 0 unspecified atom stereocenters. The molecule has 19 heavy (non-hydrogen) atoms. The Morgan fingerprint density at radius 1 is 1.16 bits per heavy atom. The van der Waals surface area contributed by atoms with E-state index in [-0.39, 0.29) is 11.3 Å². The lowest BCUT2D eigenvalue weighted by molar-refractivity contribution is -0.131. The summed E-state index contributed by atoms with van der Waals surface area (Å²) in [4.78, 5) is 14.8. The molecule has 1 saturated carbocycles. The molecule has 0 spiro atoms. The molecule has 0 heterocycles. The third-order valence-corrected chi connectivity index (χ3v) is 4.54. The lowest BCUT2D eigenvalue weighted by atomic mass is 9.79. The largest absolute Gasteiger partial charge is 0.354 e. The summed E-state index contributed by atoms with van der Waals surface area (Å²) in [6.07, 6.45) is 6.69. The van der Waals surface area contributed by atoms with Gasteiger partial charge in [0.15, 0.2) is 0 Å². The lowest BCUT2D eigenvalue weighted by Crippen LogP contribution is -2.47. The monoisotopic (exact) mass is 269 g/mol. The number of rotatable bonds is 7. The molecule has 0 aromatic carbocycles. The molecule has 0 aromatic rings. The maximum absolute atomic E-state index is 12.5. The van der Waals surface area contributed by atoms with E-state index >= 15 is 0 Å². The van der Waals surface area contributed by atoms with Crippen molar-refractivity contribution in [3.8, 4) is 0 Å². The summed E-state index contributed by atoms with van der Waals surface area (Å²) in [6.45, 7) is 8.53. The van der Waals surface area contributed by atoms with Crippen molar-refractivity contribution in [1.82, 2.24) is 10.2 Å². The Morgan fingerprint density at radius 3 is 2.21 bits per heavy atom. The first-order valence-electron chi connectivity index (χ1n) is 7.89. The normalized spacial score (nSPS) is 19.2. The van der Waals surface area contributed by atoms with E-state index < -0.39 is 0 Å². The molecular formula is C15H31N3O. The second-order valence-electron chi connectivity index (χ2n) is 5.68. The third-order valence-electron chi connectivity index (χ3n) is 4.54. The Balaban J connectivity index is 2.44. The second kappa shape index (κ2) is 8.54. The highest BCUT2D eigenvalue weighted by atomic mass is 16.2. The van der Waals surface area contributed by atoms with Crippen LogP contribution in [0.15, 0.2) is 0 Å². The highest BCUT2D eigenvalue weighted by molar-refractivity contribution is 5.82. The van der Waals surface area contributed by atoms with Crippen LogP contribution in [-0.2, 0) is 4.79 Å². The van der Waals surface area contributed by atoms with Gasteiger partial charge in [-0.3, -0.25) is 4.79 Å². The highest BCUT2D eigenvalue weighted by Gasteiger charge is 2.36. The second-order valence-corrected chi connectivity index (χ2v) is 5.68. The number of hydrogen-bond acceptors (Lipinski definition) is 3. The van der Waals surface area contributed by atoms with E-state index in [1.807, 2.05) is 0 Å². The Bertz CT molecular complexity index is 256. The van der Waals surface area contributed by atoms with E-state index in [1.54, 1.807) is 0 Å². The standard InChI is InChI=1S/C15H31N3O/c1-3-18(4-2)12-11-17-14(19)15(13-16)9-7-5-6-8-10-15/h3-13,16H2,1-2H3,(H,17,19). The van der Waals surface area contributed by atoms with Crippen molar-refractivity contribution in [1.29, 1.82) is 0 Å². The average molecular weight is 269 g/mol. The van der Waals surface area contributed by atoms with Crippen molar-refractivity contribution in [2.75, 3.05) is 32.7 Å². The predicted molar refractivity (Wildman–Crippen MR) is 80.0 cm³/mol. The molecule has 0 atom stereocenters. The highest BCUT2D eigenvalue weighted by Crippen LogP contribution is 2.34. The number of nitrogens with one attached hydrogen (secondary N) is 1. The van der Waals surface area contributed by atoms with Crippen molar-refractivity contribution < 1.29 is 4.79 Å². The number of nitrogens with two attached hydrogens (primary N) is 1.